The number of carbonyl (C=O) groups excluding carboxylic acids is 1. The van der Waals surface area contributed by atoms with Gasteiger partial charge in [0.2, 0.25) is 0 Å². The van der Waals surface area contributed by atoms with Crippen LogP contribution in [0.3, 0.4) is 0 Å². The number of hydrogen-bond donors (Lipinski definition) is 2. The number of fused-ring (bicyclic) bond motifs is 3. The maximum atomic E-state index is 13.0. The number of aromatic nitrogens is 2. The van der Waals surface area contributed by atoms with Gasteiger partial charge in [-0.25, -0.2) is 0 Å². The number of halogens is 1. The first-order valence-electron chi connectivity index (χ1n) is 8.21. The van der Waals surface area contributed by atoms with Gasteiger partial charge < -0.3 is 14.9 Å². The van der Waals surface area contributed by atoms with Crippen molar-refractivity contribution in [3.05, 3.63) is 67.7 Å². The summed E-state index contributed by atoms with van der Waals surface area (Å²) in [5.41, 5.74) is 3.30. The summed E-state index contributed by atoms with van der Waals surface area (Å²) >= 11 is 6.26. The number of carbonyl (C=O) groups is 1. The van der Waals surface area contributed by atoms with Gasteiger partial charge in [0, 0.05) is 42.4 Å². The van der Waals surface area contributed by atoms with Crippen LogP contribution in [0.4, 0.5) is 0 Å². The fraction of sp³-hybridized carbons (Fsp3) is 0.211. The summed E-state index contributed by atoms with van der Waals surface area (Å²) < 4.78 is 0. The summed E-state index contributed by atoms with van der Waals surface area (Å²) in [5.74, 6) is -0.197. The maximum absolute atomic E-state index is 13.0. The second-order valence-electron chi connectivity index (χ2n) is 6.36. The number of nitrogens with one attached hydrogen (secondary N) is 2. The second-order valence-corrected chi connectivity index (χ2v) is 6.77. The average molecular weight is 367 g/mol. The van der Waals surface area contributed by atoms with Crippen molar-refractivity contribution in [2.45, 2.75) is 19.9 Å². The first-order chi connectivity index (χ1) is 12.5. The van der Waals surface area contributed by atoms with Gasteiger partial charge in [-0.15, -0.1) is 0 Å². The van der Waals surface area contributed by atoms with Crippen LogP contribution in [0.1, 0.15) is 32.7 Å². The summed E-state index contributed by atoms with van der Waals surface area (Å²) in [6, 6.07) is 7.59. The number of aromatic amines is 2. The van der Waals surface area contributed by atoms with E-state index in [1.165, 1.54) is 6.20 Å². The van der Waals surface area contributed by atoms with E-state index in [-0.39, 0.29) is 11.5 Å². The summed E-state index contributed by atoms with van der Waals surface area (Å²) in [6.07, 6.45) is 2.09. The second kappa shape index (κ2) is 6.04. The highest BCUT2D eigenvalue weighted by Gasteiger charge is 2.27. The van der Waals surface area contributed by atoms with Crippen LogP contribution in [-0.4, -0.2) is 27.3 Å². The van der Waals surface area contributed by atoms with Gasteiger partial charge in [0.15, 0.2) is 0 Å². The summed E-state index contributed by atoms with van der Waals surface area (Å²) in [4.78, 5) is 32.3. The molecule has 0 radical (unpaired) electrons. The van der Waals surface area contributed by atoms with Crippen LogP contribution < -0.4 is 5.56 Å². The van der Waals surface area contributed by atoms with Gasteiger partial charge in [0.25, 0.3) is 11.5 Å². The van der Waals surface area contributed by atoms with Crippen molar-refractivity contribution in [2.24, 2.45) is 0 Å². The molecule has 3 heterocycles. The maximum Gasteiger partial charge on any atom is 0.266 e. The lowest BCUT2D eigenvalue weighted by Gasteiger charge is -2.28. The van der Waals surface area contributed by atoms with Gasteiger partial charge >= 0.3 is 0 Å². The van der Waals surface area contributed by atoms with Crippen LogP contribution in [-0.2, 0) is 13.0 Å². The highest BCUT2D eigenvalue weighted by Crippen LogP contribution is 2.32. The van der Waals surface area contributed by atoms with Gasteiger partial charge in [-0.1, -0.05) is 23.7 Å². The number of para-hydroxylation sites is 1. The molecule has 7 heteroatoms. The van der Waals surface area contributed by atoms with Crippen molar-refractivity contribution in [1.29, 1.82) is 5.26 Å². The highest BCUT2D eigenvalue weighted by molar-refractivity contribution is 6.35. The third kappa shape index (κ3) is 2.40. The normalized spacial score (nSPS) is 13.5. The molecule has 3 aromatic rings. The molecule has 1 aliphatic rings. The number of rotatable bonds is 1. The topological polar surface area (TPSA) is 92.8 Å². The largest absolute Gasteiger partial charge is 0.357 e. The first kappa shape index (κ1) is 16.4. The molecule has 1 amide bonds. The molecule has 0 fully saturated rings. The minimum Gasteiger partial charge on any atom is -0.357 e. The van der Waals surface area contributed by atoms with E-state index in [0.717, 1.165) is 22.2 Å². The number of H-pyrrole nitrogens is 2. The summed E-state index contributed by atoms with van der Waals surface area (Å²) in [5, 5.41) is 10.8. The van der Waals surface area contributed by atoms with E-state index >= 15 is 0 Å². The minimum absolute atomic E-state index is 0.0209. The predicted molar refractivity (Wildman–Crippen MR) is 98.3 cm³/mol. The molecule has 0 saturated heterocycles. The van der Waals surface area contributed by atoms with Crippen LogP contribution in [0.15, 0.2) is 29.2 Å². The summed E-state index contributed by atoms with van der Waals surface area (Å²) in [7, 11) is 0. The van der Waals surface area contributed by atoms with E-state index in [0.29, 0.717) is 35.7 Å². The molecule has 4 rings (SSSR count). The fourth-order valence-electron chi connectivity index (χ4n) is 3.53. The number of pyridine rings is 1. The van der Waals surface area contributed by atoms with Crippen molar-refractivity contribution in [2.75, 3.05) is 6.54 Å². The number of nitriles is 1. The zero-order valence-corrected chi connectivity index (χ0v) is 14.8. The molecule has 0 atom stereocenters. The van der Waals surface area contributed by atoms with Crippen LogP contribution in [0.25, 0.3) is 10.9 Å². The average Bonchev–Trinajstić information content (AvgIpc) is 3.01. The Balaban J connectivity index is 1.73. The Labute approximate surface area is 154 Å². The minimum atomic E-state index is -0.478. The van der Waals surface area contributed by atoms with E-state index in [1.807, 2.05) is 24.3 Å². The Morgan fingerprint density at radius 3 is 2.96 bits per heavy atom. The molecule has 26 heavy (non-hydrogen) atoms. The lowest BCUT2D eigenvalue weighted by molar-refractivity contribution is 0.0734. The molecular weight excluding hydrogens is 352 g/mol. The Bertz CT molecular complexity index is 1150. The van der Waals surface area contributed by atoms with Crippen LogP contribution in [0.2, 0.25) is 5.02 Å². The zero-order chi connectivity index (χ0) is 18.4. The standard InChI is InChI=1S/C19H15ClN4O2/c1-10-12(7-21)18(25)22-8-13(10)19(26)24-6-5-16-14(9-24)11-3-2-4-15(20)17(11)23-16/h2-4,8,23H,5-6,9H2,1H3,(H,22,25). The van der Waals surface area contributed by atoms with E-state index in [1.54, 1.807) is 11.8 Å². The third-order valence-electron chi connectivity index (χ3n) is 4.94. The van der Waals surface area contributed by atoms with Crippen molar-refractivity contribution in [1.82, 2.24) is 14.9 Å². The molecule has 130 valence electrons. The van der Waals surface area contributed by atoms with Crippen molar-refractivity contribution in [3.8, 4) is 6.07 Å². The molecule has 0 saturated carbocycles. The van der Waals surface area contributed by atoms with Crippen LogP contribution >= 0.6 is 11.6 Å². The van der Waals surface area contributed by atoms with Gasteiger partial charge in [0.05, 0.1) is 16.1 Å². The van der Waals surface area contributed by atoms with Crippen molar-refractivity contribution < 1.29 is 4.79 Å². The molecule has 0 spiro atoms. The molecule has 0 aliphatic carbocycles. The number of nitrogens with zero attached hydrogens (tertiary/aromatic N) is 2. The number of hydrogen-bond acceptors (Lipinski definition) is 3. The Hall–Kier alpha value is -3.04. The summed E-state index contributed by atoms with van der Waals surface area (Å²) in [6.45, 7) is 2.63. The molecule has 0 unspecified atom stereocenters. The van der Waals surface area contributed by atoms with E-state index in [4.69, 9.17) is 16.9 Å². The molecule has 2 N–H and O–H groups in total. The Kier molecular flexibility index (Phi) is 3.82. The highest BCUT2D eigenvalue weighted by atomic mass is 35.5. The number of benzene rings is 1. The SMILES string of the molecule is Cc1c(C(=O)N2CCc3[nH]c4c(Cl)cccc4c3C2)c[nH]c(=O)c1C#N. The van der Waals surface area contributed by atoms with Gasteiger partial charge in [-0.05, 0) is 18.6 Å². The van der Waals surface area contributed by atoms with Gasteiger partial charge in [-0.2, -0.15) is 5.26 Å². The lowest BCUT2D eigenvalue weighted by atomic mass is 10.0. The Morgan fingerprint density at radius 1 is 1.38 bits per heavy atom. The van der Waals surface area contributed by atoms with E-state index in [2.05, 4.69) is 9.97 Å². The smallest absolute Gasteiger partial charge is 0.266 e. The van der Waals surface area contributed by atoms with Crippen LogP contribution in [0, 0.1) is 18.3 Å². The molecular formula is C19H15ClN4O2. The van der Waals surface area contributed by atoms with Crippen molar-refractivity contribution in [3.63, 3.8) is 0 Å². The molecule has 0 bridgehead atoms. The molecule has 1 aliphatic heterocycles. The molecule has 2 aromatic heterocycles. The lowest BCUT2D eigenvalue weighted by Crippen LogP contribution is -2.36. The predicted octanol–water partition coefficient (Wildman–Crippen LogP) is 2.89. The quantitative estimate of drug-likeness (QED) is 0.693. The Morgan fingerprint density at radius 2 is 2.19 bits per heavy atom. The first-order valence-corrected chi connectivity index (χ1v) is 8.58. The number of amides is 1. The molecule has 1 aromatic carbocycles. The van der Waals surface area contributed by atoms with Gasteiger partial charge in [0.1, 0.15) is 11.6 Å². The van der Waals surface area contributed by atoms with E-state index in [9.17, 15) is 9.59 Å². The fourth-order valence-corrected chi connectivity index (χ4v) is 3.75. The van der Waals surface area contributed by atoms with E-state index < -0.39 is 5.56 Å². The van der Waals surface area contributed by atoms with Gasteiger partial charge in [-0.3, -0.25) is 9.59 Å². The third-order valence-corrected chi connectivity index (χ3v) is 5.26. The van der Waals surface area contributed by atoms with Crippen LogP contribution in [0.5, 0.6) is 0 Å². The van der Waals surface area contributed by atoms with Crippen molar-refractivity contribution >= 4 is 28.4 Å². The molecule has 6 nitrogen and oxygen atoms in total. The zero-order valence-electron chi connectivity index (χ0n) is 14.0. The monoisotopic (exact) mass is 366 g/mol.